The van der Waals surface area contributed by atoms with Gasteiger partial charge >= 0.3 is 5.97 Å². The molecule has 1 aliphatic rings. The van der Waals surface area contributed by atoms with Crippen molar-refractivity contribution in [1.82, 2.24) is 9.97 Å². The van der Waals surface area contributed by atoms with E-state index in [-0.39, 0.29) is 17.8 Å². The molecule has 2 heterocycles. The summed E-state index contributed by atoms with van der Waals surface area (Å²) in [4.78, 5) is 19.9. The molecule has 6 heteroatoms. The standard InChI is InChI=1S/C16H16N2O4/c1-2-3-13-14(22-13)16(20)21-12-6-4-10(5-7-12)15-17-8-11(19)9-18-15/h4-9,13-14,19H,2-3H2,1H3. The third-order valence-corrected chi connectivity index (χ3v) is 3.36. The van der Waals surface area contributed by atoms with Crippen LogP contribution in [0.3, 0.4) is 0 Å². The lowest BCUT2D eigenvalue weighted by molar-refractivity contribution is -0.135. The highest BCUT2D eigenvalue weighted by Crippen LogP contribution is 2.28. The van der Waals surface area contributed by atoms with Crippen LogP contribution in [-0.4, -0.2) is 33.3 Å². The van der Waals surface area contributed by atoms with Crippen molar-refractivity contribution in [2.24, 2.45) is 0 Å². The molecule has 6 nitrogen and oxygen atoms in total. The minimum absolute atomic E-state index is 0.00201. The Balaban J connectivity index is 1.62. The summed E-state index contributed by atoms with van der Waals surface area (Å²) in [7, 11) is 0. The van der Waals surface area contributed by atoms with Crippen LogP contribution in [-0.2, 0) is 9.53 Å². The number of carbonyl (C=O) groups excluding carboxylic acids is 1. The van der Waals surface area contributed by atoms with Crippen molar-refractivity contribution in [1.29, 1.82) is 0 Å². The normalized spacial score (nSPS) is 19.7. The van der Waals surface area contributed by atoms with E-state index >= 15 is 0 Å². The second-order valence-electron chi connectivity index (χ2n) is 5.09. The lowest BCUT2D eigenvalue weighted by Crippen LogP contribution is -2.17. The Labute approximate surface area is 127 Å². The quantitative estimate of drug-likeness (QED) is 0.518. The highest BCUT2D eigenvalue weighted by atomic mass is 16.6. The number of hydrogen-bond donors (Lipinski definition) is 1. The molecule has 2 atom stereocenters. The zero-order chi connectivity index (χ0) is 15.5. The minimum atomic E-state index is -0.431. The molecule has 1 aromatic carbocycles. The molecule has 2 aromatic rings. The Morgan fingerprint density at radius 1 is 1.27 bits per heavy atom. The van der Waals surface area contributed by atoms with Gasteiger partial charge in [0, 0.05) is 5.56 Å². The van der Waals surface area contributed by atoms with Gasteiger partial charge in [0.25, 0.3) is 0 Å². The molecule has 0 aliphatic carbocycles. The van der Waals surface area contributed by atoms with E-state index in [0.29, 0.717) is 11.6 Å². The first-order valence-corrected chi connectivity index (χ1v) is 7.16. The molecule has 0 saturated carbocycles. The molecule has 1 aliphatic heterocycles. The Morgan fingerprint density at radius 3 is 2.59 bits per heavy atom. The zero-order valence-corrected chi connectivity index (χ0v) is 12.1. The molecule has 0 amide bonds. The van der Waals surface area contributed by atoms with Gasteiger partial charge in [0.1, 0.15) is 5.75 Å². The highest BCUT2D eigenvalue weighted by Gasteiger charge is 2.45. The molecule has 114 valence electrons. The highest BCUT2D eigenvalue weighted by molar-refractivity contribution is 5.80. The first kappa shape index (κ1) is 14.5. The summed E-state index contributed by atoms with van der Waals surface area (Å²) in [5.74, 6) is 0.606. The second-order valence-corrected chi connectivity index (χ2v) is 5.09. The number of carbonyl (C=O) groups is 1. The van der Waals surface area contributed by atoms with Gasteiger partial charge in [-0.2, -0.15) is 0 Å². The molecule has 1 saturated heterocycles. The molecule has 0 spiro atoms. The van der Waals surface area contributed by atoms with Crippen molar-refractivity contribution < 1.29 is 19.4 Å². The topological polar surface area (TPSA) is 84.8 Å². The summed E-state index contributed by atoms with van der Waals surface area (Å²) in [6, 6.07) is 6.87. The number of epoxide rings is 1. The van der Waals surface area contributed by atoms with Gasteiger partial charge in [0.05, 0.1) is 18.5 Å². The Morgan fingerprint density at radius 2 is 1.95 bits per heavy atom. The Bertz CT molecular complexity index is 655. The lowest BCUT2D eigenvalue weighted by Gasteiger charge is -2.04. The maximum atomic E-state index is 11.9. The fraction of sp³-hybridized carbons (Fsp3) is 0.312. The third kappa shape index (κ3) is 3.23. The van der Waals surface area contributed by atoms with Crippen molar-refractivity contribution in [3.63, 3.8) is 0 Å². The van der Waals surface area contributed by atoms with Crippen molar-refractivity contribution in [2.75, 3.05) is 0 Å². The van der Waals surface area contributed by atoms with Crippen LogP contribution in [0.1, 0.15) is 19.8 Å². The van der Waals surface area contributed by atoms with Crippen LogP contribution >= 0.6 is 0 Å². The zero-order valence-electron chi connectivity index (χ0n) is 12.1. The number of ether oxygens (including phenoxy) is 2. The van der Waals surface area contributed by atoms with Gasteiger partial charge in [-0.15, -0.1) is 0 Å². The summed E-state index contributed by atoms with van der Waals surface area (Å²) in [6.07, 6.45) is 4.08. The SMILES string of the molecule is CCCC1OC1C(=O)Oc1ccc(-c2ncc(O)cn2)cc1. The van der Waals surface area contributed by atoms with E-state index in [9.17, 15) is 4.79 Å². The monoisotopic (exact) mass is 300 g/mol. The molecule has 1 fully saturated rings. The predicted molar refractivity (Wildman–Crippen MR) is 78.3 cm³/mol. The minimum Gasteiger partial charge on any atom is -0.505 e. The van der Waals surface area contributed by atoms with Gasteiger partial charge in [-0.1, -0.05) is 13.3 Å². The predicted octanol–water partition coefficient (Wildman–Crippen LogP) is 2.32. The second kappa shape index (κ2) is 6.11. The van der Waals surface area contributed by atoms with Crippen molar-refractivity contribution in [3.05, 3.63) is 36.7 Å². The van der Waals surface area contributed by atoms with E-state index in [1.807, 2.05) is 6.92 Å². The van der Waals surface area contributed by atoms with Crippen molar-refractivity contribution in [3.8, 4) is 22.9 Å². The molecule has 3 rings (SSSR count). The first-order valence-electron chi connectivity index (χ1n) is 7.16. The van der Waals surface area contributed by atoms with E-state index in [4.69, 9.17) is 14.6 Å². The maximum absolute atomic E-state index is 11.9. The Kier molecular flexibility index (Phi) is 4.02. The largest absolute Gasteiger partial charge is 0.505 e. The van der Waals surface area contributed by atoms with E-state index in [1.165, 1.54) is 12.4 Å². The lowest BCUT2D eigenvalue weighted by atomic mass is 10.2. The first-order chi connectivity index (χ1) is 10.7. The van der Waals surface area contributed by atoms with Crippen molar-refractivity contribution in [2.45, 2.75) is 32.0 Å². The summed E-state index contributed by atoms with van der Waals surface area (Å²) >= 11 is 0. The van der Waals surface area contributed by atoms with Gasteiger partial charge in [-0.3, -0.25) is 0 Å². The number of rotatable bonds is 5. The smallest absolute Gasteiger partial charge is 0.343 e. The summed E-state index contributed by atoms with van der Waals surface area (Å²) < 4.78 is 10.6. The average Bonchev–Trinajstić information content (AvgIpc) is 3.29. The molecular formula is C16H16N2O4. The number of hydrogen-bond acceptors (Lipinski definition) is 6. The number of aromatic nitrogens is 2. The Hall–Kier alpha value is -2.47. The fourth-order valence-corrected chi connectivity index (χ4v) is 2.17. The van der Waals surface area contributed by atoms with E-state index in [2.05, 4.69) is 9.97 Å². The molecule has 1 aromatic heterocycles. The van der Waals surface area contributed by atoms with Crippen LogP contribution in [0, 0.1) is 0 Å². The van der Waals surface area contributed by atoms with Gasteiger partial charge in [0.2, 0.25) is 0 Å². The molecular weight excluding hydrogens is 284 g/mol. The molecule has 2 unspecified atom stereocenters. The molecule has 22 heavy (non-hydrogen) atoms. The van der Waals surface area contributed by atoms with E-state index in [0.717, 1.165) is 18.4 Å². The van der Waals surface area contributed by atoms with Crippen LogP contribution in [0.15, 0.2) is 36.7 Å². The van der Waals surface area contributed by atoms with Crippen LogP contribution in [0.5, 0.6) is 11.5 Å². The van der Waals surface area contributed by atoms with Crippen LogP contribution in [0.4, 0.5) is 0 Å². The van der Waals surface area contributed by atoms with E-state index < -0.39 is 6.10 Å². The maximum Gasteiger partial charge on any atom is 0.343 e. The van der Waals surface area contributed by atoms with Crippen molar-refractivity contribution >= 4 is 5.97 Å². The van der Waals surface area contributed by atoms with Crippen LogP contribution < -0.4 is 4.74 Å². The number of esters is 1. The van der Waals surface area contributed by atoms with Crippen LogP contribution in [0.25, 0.3) is 11.4 Å². The van der Waals surface area contributed by atoms with E-state index in [1.54, 1.807) is 24.3 Å². The number of aromatic hydroxyl groups is 1. The average molecular weight is 300 g/mol. The summed E-state index contributed by atoms with van der Waals surface area (Å²) in [6.45, 7) is 2.05. The van der Waals surface area contributed by atoms with Gasteiger partial charge in [0.15, 0.2) is 17.7 Å². The molecule has 0 bridgehead atoms. The summed E-state index contributed by atoms with van der Waals surface area (Å²) in [5.41, 5.74) is 0.770. The van der Waals surface area contributed by atoms with Gasteiger partial charge < -0.3 is 14.6 Å². The van der Waals surface area contributed by atoms with Gasteiger partial charge in [-0.05, 0) is 30.7 Å². The van der Waals surface area contributed by atoms with Crippen LogP contribution in [0.2, 0.25) is 0 Å². The fourth-order valence-electron chi connectivity index (χ4n) is 2.17. The number of nitrogens with zero attached hydrogens (tertiary/aromatic N) is 2. The molecule has 1 N–H and O–H groups in total. The molecule has 0 radical (unpaired) electrons. The number of benzene rings is 1. The van der Waals surface area contributed by atoms with Gasteiger partial charge in [-0.25, -0.2) is 14.8 Å². The summed E-state index contributed by atoms with van der Waals surface area (Å²) in [5, 5.41) is 9.17. The third-order valence-electron chi connectivity index (χ3n) is 3.36.